The second-order valence-electron chi connectivity index (χ2n) is 5.07. The maximum atomic E-state index is 11.8. The Bertz CT molecular complexity index is 830. The predicted molar refractivity (Wildman–Crippen MR) is 90.1 cm³/mol. The van der Waals surface area contributed by atoms with Crippen molar-refractivity contribution in [1.29, 1.82) is 0 Å². The zero-order valence-corrected chi connectivity index (χ0v) is 12.7. The summed E-state index contributed by atoms with van der Waals surface area (Å²) in [6, 6.07) is 10.3. The third kappa shape index (κ3) is 3.43. The van der Waals surface area contributed by atoms with E-state index in [0.29, 0.717) is 23.9 Å². The molecule has 24 heavy (non-hydrogen) atoms. The molecule has 0 fully saturated rings. The first kappa shape index (κ1) is 15.3. The first-order valence-corrected chi connectivity index (χ1v) is 7.20. The molecule has 2 aromatic heterocycles. The Labute approximate surface area is 137 Å². The Morgan fingerprint density at radius 3 is 2.71 bits per heavy atom. The van der Waals surface area contributed by atoms with Crippen molar-refractivity contribution in [2.45, 2.75) is 6.54 Å². The van der Waals surface area contributed by atoms with Crippen molar-refractivity contribution in [1.82, 2.24) is 15.2 Å². The van der Waals surface area contributed by atoms with Crippen molar-refractivity contribution in [3.63, 3.8) is 0 Å². The Morgan fingerprint density at radius 1 is 1.25 bits per heavy atom. The van der Waals surface area contributed by atoms with E-state index in [1.54, 1.807) is 42.7 Å². The van der Waals surface area contributed by atoms with Gasteiger partial charge in [0.25, 0.3) is 5.91 Å². The van der Waals surface area contributed by atoms with E-state index in [4.69, 9.17) is 5.73 Å². The largest absolute Gasteiger partial charge is 0.508 e. The average molecular weight is 324 g/mol. The van der Waals surface area contributed by atoms with Crippen LogP contribution in [0.25, 0.3) is 0 Å². The molecule has 2 heterocycles. The smallest absolute Gasteiger partial charge is 0.256 e. The summed E-state index contributed by atoms with van der Waals surface area (Å²) >= 11 is 0. The molecule has 0 spiro atoms. The number of aromatic nitrogens is 3. The van der Waals surface area contributed by atoms with Crippen molar-refractivity contribution in [2.75, 3.05) is 10.6 Å². The Kier molecular flexibility index (Phi) is 4.28. The second kappa shape index (κ2) is 6.69. The minimum atomic E-state index is -0.608. The van der Waals surface area contributed by atoms with E-state index in [0.717, 1.165) is 5.56 Å². The van der Waals surface area contributed by atoms with Gasteiger partial charge in [-0.1, -0.05) is 12.1 Å². The number of rotatable bonds is 6. The fourth-order valence-corrected chi connectivity index (χ4v) is 2.18. The van der Waals surface area contributed by atoms with Gasteiger partial charge >= 0.3 is 0 Å². The van der Waals surface area contributed by atoms with E-state index in [1.165, 1.54) is 0 Å². The fraction of sp³-hybridized carbons (Fsp3) is 0.0625. The number of carbonyl (C=O) groups is 1. The molecule has 0 aliphatic rings. The number of amides is 1. The molecular weight excluding hydrogens is 308 g/mol. The molecule has 0 aliphatic carbocycles. The number of hydrogen-bond acceptors (Lipinski definition) is 6. The van der Waals surface area contributed by atoms with Gasteiger partial charge in [0, 0.05) is 12.7 Å². The van der Waals surface area contributed by atoms with Gasteiger partial charge < -0.3 is 21.5 Å². The van der Waals surface area contributed by atoms with Crippen LogP contribution in [0.4, 0.5) is 17.3 Å². The van der Waals surface area contributed by atoms with Gasteiger partial charge in [-0.05, 0) is 29.8 Å². The quantitative estimate of drug-likeness (QED) is 0.471. The first-order valence-electron chi connectivity index (χ1n) is 7.20. The van der Waals surface area contributed by atoms with Gasteiger partial charge in [-0.2, -0.15) is 5.10 Å². The van der Waals surface area contributed by atoms with Crippen molar-refractivity contribution < 1.29 is 9.90 Å². The van der Waals surface area contributed by atoms with Crippen LogP contribution in [0.5, 0.6) is 5.75 Å². The number of phenols is 1. The van der Waals surface area contributed by atoms with Gasteiger partial charge in [0.05, 0.1) is 11.9 Å². The number of benzene rings is 1. The number of nitrogens with two attached hydrogens (primary N) is 1. The summed E-state index contributed by atoms with van der Waals surface area (Å²) in [7, 11) is 0. The monoisotopic (exact) mass is 324 g/mol. The third-order valence-corrected chi connectivity index (χ3v) is 3.34. The average Bonchev–Trinajstić information content (AvgIpc) is 2.98. The lowest BCUT2D eigenvalue weighted by atomic mass is 10.2. The van der Waals surface area contributed by atoms with E-state index < -0.39 is 5.91 Å². The highest BCUT2D eigenvalue weighted by Crippen LogP contribution is 2.24. The molecule has 6 N–H and O–H groups in total. The number of hydrogen-bond donors (Lipinski definition) is 5. The number of pyridine rings is 1. The van der Waals surface area contributed by atoms with Crippen LogP contribution >= 0.6 is 0 Å². The normalized spacial score (nSPS) is 10.3. The first-order chi connectivity index (χ1) is 11.6. The highest BCUT2D eigenvalue weighted by molar-refractivity contribution is 6.03. The minimum absolute atomic E-state index is 0.194. The van der Waals surface area contributed by atoms with Gasteiger partial charge in [0.15, 0.2) is 5.82 Å². The molecule has 0 atom stereocenters. The van der Waals surface area contributed by atoms with E-state index in [2.05, 4.69) is 25.8 Å². The molecule has 8 heteroatoms. The van der Waals surface area contributed by atoms with Gasteiger partial charge in [-0.3, -0.25) is 14.9 Å². The lowest BCUT2D eigenvalue weighted by Crippen LogP contribution is -2.15. The third-order valence-electron chi connectivity index (χ3n) is 3.34. The van der Waals surface area contributed by atoms with Crippen LogP contribution in [-0.2, 0) is 6.54 Å². The molecule has 0 radical (unpaired) electrons. The van der Waals surface area contributed by atoms with Crippen molar-refractivity contribution in [2.24, 2.45) is 5.73 Å². The lowest BCUT2D eigenvalue weighted by Gasteiger charge is -2.07. The number of phenolic OH excluding ortho intramolecular Hbond substituents is 1. The number of nitrogens with one attached hydrogen (secondary N) is 3. The van der Waals surface area contributed by atoms with Crippen LogP contribution in [-0.4, -0.2) is 26.2 Å². The van der Waals surface area contributed by atoms with E-state index >= 15 is 0 Å². The van der Waals surface area contributed by atoms with Crippen LogP contribution in [0.3, 0.4) is 0 Å². The summed E-state index contributed by atoms with van der Waals surface area (Å²) in [5, 5.41) is 22.2. The van der Waals surface area contributed by atoms with Crippen LogP contribution in [0.15, 0.2) is 48.8 Å². The van der Waals surface area contributed by atoms with E-state index in [-0.39, 0.29) is 11.3 Å². The van der Waals surface area contributed by atoms with Crippen molar-refractivity contribution >= 4 is 23.2 Å². The van der Waals surface area contributed by atoms with Crippen LogP contribution < -0.4 is 16.4 Å². The van der Waals surface area contributed by atoms with Gasteiger partial charge in [0.1, 0.15) is 17.1 Å². The maximum Gasteiger partial charge on any atom is 0.256 e. The topological polar surface area (TPSA) is 129 Å². The van der Waals surface area contributed by atoms with Crippen molar-refractivity contribution in [3.05, 3.63) is 59.9 Å². The van der Waals surface area contributed by atoms with Gasteiger partial charge in [-0.25, -0.2) is 0 Å². The molecule has 3 rings (SSSR count). The molecular formula is C16H16N6O2. The summed E-state index contributed by atoms with van der Waals surface area (Å²) in [6.45, 7) is 0.428. The minimum Gasteiger partial charge on any atom is -0.508 e. The zero-order chi connectivity index (χ0) is 16.9. The Morgan fingerprint density at radius 2 is 2.04 bits per heavy atom. The second-order valence-corrected chi connectivity index (χ2v) is 5.07. The fourth-order valence-electron chi connectivity index (χ4n) is 2.18. The highest BCUT2D eigenvalue weighted by atomic mass is 16.3. The molecule has 3 aromatic rings. The van der Waals surface area contributed by atoms with Crippen LogP contribution in [0.1, 0.15) is 15.9 Å². The number of aromatic hydroxyl groups is 1. The standard InChI is InChI=1S/C16H16N6O2/c17-14(24)13-15(19-8-10-3-5-12(23)6-4-10)21-22-16(13)20-11-2-1-7-18-9-11/h1-7,9,23H,8H2,(H2,17,24)(H3,19,20,21,22). The van der Waals surface area contributed by atoms with Crippen LogP contribution in [0.2, 0.25) is 0 Å². The molecule has 0 aliphatic heterocycles. The molecule has 122 valence electrons. The summed E-state index contributed by atoms with van der Waals surface area (Å²) in [4.78, 5) is 15.8. The molecule has 8 nitrogen and oxygen atoms in total. The van der Waals surface area contributed by atoms with E-state index in [1.807, 2.05) is 6.07 Å². The van der Waals surface area contributed by atoms with Gasteiger partial charge in [0.2, 0.25) is 0 Å². The molecule has 0 bridgehead atoms. The zero-order valence-electron chi connectivity index (χ0n) is 12.7. The number of primary amides is 1. The highest BCUT2D eigenvalue weighted by Gasteiger charge is 2.18. The SMILES string of the molecule is NC(=O)c1c(NCc2ccc(O)cc2)n[nH]c1Nc1cccnc1. The summed E-state index contributed by atoms with van der Waals surface area (Å²) < 4.78 is 0. The Hall–Kier alpha value is -3.55. The molecule has 0 saturated carbocycles. The number of anilines is 3. The number of aromatic amines is 1. The molecule has 0 unspecified atom stereocenters. The number of H-pyrrole nitrogens is 1. The molecule has 1 aromatic carbocycles. The number of nitrogens with zero attached hydrogens (tertiary/aromatic N) is 2. The lowest BCUT2D eigenvalue weighted by molar-refractivity contribution is 0.100. The number of carbonyl (C=O) groups excluding carboxylic acids is 1. The predicted octanol–water partition coefficient (Wildman–Crippen LogP) is 1.96. The molecule has 1 amide bonds. The Balaban J connectivity index is 1.78. The van der Waals surface area contributed by atoms with Crippen LogP contribution in [0, 0.1) is 0 Å². The summed E-state index contributed by atoms with van der Waals surface area (Å²) in [5.41, 5.74) is 7.34. The maximum absolute atomic E-state index is 11.8. The summed E-state index contributed by atoms with van der Waals surface area (Å²) in [5.74, 6) is 0.327. The van der Waals surface area contributed by atoms with E-state index in [9.17, 15) is 9.90 Å². The summed E-state index contributed by atoms with van der Waals surface area (Å²) in [6.07, 6.45) is 3.27. The molecule has 0 saturated heterocycles. The van der Waals surface area contributed by atoms with Crippen molar-refractivity contribution in [3.8, 4) is 5.75 Å². The van der Waals surface area contributed by atoms with Gasteiger partial charge in [-0.15, -0.1) is 0 Å².